The highest BCUT2D eigenvalue weighted by Crippen LogP contribution is 2.37. The molecule has 1 aliphatic rings. The first kappa shape index (κ1) is 14.5. The zero-order valence-corrected chi connectivity index (χ0v) is 11.7. The van der Waals surface area contributed by atoms with Gasteiger partial charge in [-0.3, -0.25) is 4.79 Å². The summed E-state index contributed by atoms with van der Waals surface area (Å²) < 4.78 is 5.54. The predicted octanol–water partition coefficient (Wildman–Crippen LogP) is 2.74. The molecule has 100 valence electrons. The van der Waals surface area contributed by atoms with Gasteiger partial charge in [-0.05, 0) is 25.7 Å². The minimum absolute atomic E-state index is 0.110. The normalized spacial score (nSPS) is 20.5. The fourth-order valence-electron chi connectivity index (χ4n) is 2.30. The maximum Gasteiger partial charge on any atom is 0.226 e. The number of carbonyl (C=O) groups excluding carboxylic acids is 1. The predicted molar refractivity (Wildman–Crippen MR) is 69.8 cm³/mol. The van der Waals surface area contributed by atoms with Gasteiger partial charge < -0.3 is 10.1 Å². The van der Waals surface area contributed by atoms with Crippen LogP contribution in [0.5, 0.6) is 0 Å². The van der Waals surface area contributed by atoms with Gasteiger partial charge in [0.25, 0.3) is 0 Å². The molecule has 1 amide bonds. The lowest BCUT2D eigenvalue weighted by atomic mass is 9.87. The molecule has 0 aliphatic heterocycles. The first-order chi connectivity index (χ1) is 7.94. The van der Waals surface area contributed by atoms with Gasteiger partial charge in [0.2, 0.25) is 5.91 Å². The van der Waals surface area contributed by atoms with E-state index in [4.69, 9.17) is 4.74 Å². The van der Waals surface area contributed by atoms with Crippen LogP contribution in [0, 0.1) is 11.3 Å². The minimum Gasteiger partial charge on any atom is -0.379 e. The molecule has 0 aromatic heterocycles. The van der Waals surface area contributed by atoms with Crippen molar-refractivity contribution in [3.63, 3.8) is 0 Å². The molecule has 0 bridgehead atoms. The topological polar surface area (TPSA) is 38.3 Å². The van der Waals surface area contributed by atoms with Gasteiger partial charge in [0.15, 0.2) is 0 Å². The van der Waals surface area contributed by atoms with E-state index in [0.717, 1.165) is 19.4 Å². The van der Waals surface area contributed by atoms with Crippen molar-refractivity contribution in [2.45, 2.75) is 59.4 Å². The molecular formula is C14H27NO2. The molecule has 0 radical (unpaired) electrons. The van der Waals surface area contributed by atoms with Crippen LogP contribution in [-0.2, 0) is 9.53 Å². The lowest BCUT2D eigenvalue weighted by Gasteiger charge is -2.25. The lowest BCUT2D eigenvalue weighted by molar-refractivity contribution is -0.131. The first-order valence-corrected chi connectivity index (χ1v) is 6.83. The van der Waals surface area contributed by atoms with Crippen LogP contribution in [-0.4, -0.2) is 25.2 Å². The van der Waals surface area contributed by atoms with E-state index in [1.807, 2.05) is 6.92 Å². The lowest BCUT2D eigenvalue weighted by Crippen LogP contribution is -2.43. The smallest absolute Gasteiger partial charge is 0.226 e. The molecule has 1 rings (SSSR count). The number of carbonyl (C=O) groups is 1. The van der Waals surface area contributed by atoms with Gasteiger partial charge in [-0.1, -0.05) is 33.6 Å². The van der Waals surface area contributed by atoms with Crippen LogP contribution in [0.4, 0.5) is 0 Å². The molecule has 1 aliphatic carbocycles. The number of hydrogen-bond donors (Lipinski definition) is 1. The van der Waals surface area contributed by atoms with Gasteiger partial charge in [-0.25, -0.2) is 0 Å². The Labute approximate surface area is 105 Å². The molecule has 3 heteroatoms. The van der Waals surface area contributed by atoms with E-state index < -0.39 is 0 Å². The highest BCUT2D eigenvalue weighted by molar-refractivity contribution is 5.82. The first-order valence-electron chi connectivity index (χ1n) is 6.83. The maximum absolute atomic E-state index is 12.1. The Bertz CT molecular complexity index is 245. The molecule has 3 nitrogen and oxygen atoms in total. The number of nitrogens with one attached hydrogen (secondary N) is 1. The second-order valence-electron chi connectivity index (χ2n) is 6.07. The Kier molecular flexibility index (Phi) is 5.44. The van der Waals surface area contributed by atoms with Crippen LogP contribution in [0.3, 0.4) is 0 Å². The van der Waals surface area contributed by atoms with Crippen LogP contribution >= 0.6 is 0 Å². The Balaban J connectivity index is 2.25. The van der Waals surface area contributed by atoms with Crippen molar-refractivity contribution in [3.8, 4) is 0 Å². The average molecular weight is 241 g/mol. The van der Waals surface area contributed by atoms with E-state index in [2.05, 4.69) is 26.1 Å². The minimum atomic E-state index is -0.133. The zero-order chi connectivity index (χ0) is 12.9. The van der Waals surface area contributed by atoms with E-state index in [0.29, 0.717) is 12.5 Å². The van der Waals surface area contributed by atoms with Crippen molar-refractivity contribution < 1.29 is 9.53 Å². The van der Waals surface area contributed by atoms with E-state index in [1.165, 1.54) is 12.8 Å². The standard InChI is InChI=1S/C14H27NO2/c1-11(2)9-17-10-12(3)15-13(16)14(4)7-5-6-8-14/h11-12H,5-10H2,1-4H3,(H,15,16)/t12-/m1/s1. The SMILES string of the molecule is CC(C)COC[C@@H](C)NC(=O)C1(C)CCCC1. The van der Waals surface area contributed by atoms with Gasteiger partial charge in [-0.2, -0.15) is 0 Å². The molecule has 1 saturated carbocycles. The summed E-state index contributed by atoms with van der Waals surface area (Å²) >= 11 is 0. The Morgan fingerprint density at radius 3 is 2.35 bits per heavy atom. The molecule has 0 aromatic carbocycles. The summed E-state index contributed by atoms with van der Waals surface area (Å²) in [7, 11) is 0. The van der Waals surface area contributed by atoms with Gasteiger partial charge in [-0.15, -0.1) is 0 Å². The third-order valence-electron chi connectivity index (χ3n) is 3.45. The fourth-order valence-corrected chi connectivity index (χ4v) is 2.30. The second-order valence-corrected chi connectivity index (χ2v) is 6.07. The molecule has 1 atom stereocenters. The summed E-state index contributed by atoms with van der Waals surface area (Å²) in [5.41, 5.74) is -0.133. The van der Waals surface area contributed by atoms with E-state index in [-0.39, 0.29) is 17.4 Å². The van der Waals surface area contributed by atoms with Crippen LogP contribution < -0.4 is 5.32 Å². The monoisotopic (exact) mass is 241 g/mol. The van der Waals surface area contributed by atoms with E-state index in [1.54, 1.807) is 0 Å². The summed E-state index contributed by atoms with van der Waals surface area (Å²) in [6, 6.07) is 0.110. The van der Waals surface area contributed by atoms with Crippen LogP contribution in [0.25, 0.3) is 0 Å². The Morgan fingerprint density at radius 2 is 1.82 bits per heavy atom. The third-order valence-corrected chi connectivity index (χ3v) is 3.45. The highest BCUT2D eigenvalue weighted by atomic mass is 16.5. The fraction of sp³-hybridized carbons (Fsp3) is 0.929. The van der Waals surface area contributed by atoms with Crippen LogP contribution in [0.2, 0.25) is 0 Å². The van der Waals surface area contributed by atoms with Crippen LogP contribution in [0.15, 0.2) is 0 Å². The molecule has 0 heterocycles. The van der Waals surface area contributed by atoms with Crippen molar-refractivity contribution in [2.24, 2.45) is 11.3 Å². The van der Waals surface area contributed by atoms with Crippen molar-refractivity contribution in [1.29, 1.82) is 0 Å². The summed E-state index contributed by atoms with van der Waals surface area (Å²) in [5, 5.41) is 3.07. The molecule has 0 spiro atoms. The van der Waals surface area contributed by atoms with Crippen molar-refractivity contribution in [3.05, 3.63) is 0 Å². The molecular weight excluding hydrogens is 214 g/mol. The summed E-state index contributed by atoms with van der Waals surface area (Å²) in [5.74, 6) is 0.751. The second kappa shape index (κ2) is 6.39. The number of hydrogen-bond acceptors (Lipinski definition) is 2. The van der Waals surface area contributed by atoms with Gasteiger partial charge >= 0.3 is 0 Å². The number of amides is 1. The van der Waals surface area contributed by atoms with E-state index in [9.17, 15) is 4.79 Å². The molecule has 0 saturated heterocycles. The molecule has 1 N–H and O–H groups in total. The third kappa shape index (κ3) is 4.66. The summed E-state index contributed by atoms with van der Waals surface area (Å²) in [6.07, 6.45) is 4.42. The van der Waals surface area contributed by atoms with E-state index >= 15 is 0 Å². The Morgan fingerprint density at radius 1 is 1.24 bits per heavy atom. The highest BCUT2D eigenvalue weighted by Gasteiger charge is 2.36. The van der Waals surface area contributed by atoms with Gasteiger partial charge in [0, 0.05) is 18.1 Å². The molecule has 1 fully saturated rings. The number of rotatable bonds is 6. The maximum atomic E-state index is 12.1. The summed E-state index contributed by atoms with van der Waals surface area (Å²) in [4.78, 5) is 12.1. The average Bonchev–Trinajstić information content (AvgIpc) is 2.66. The van der Waals surface area contributed by atoms with Crippen LogP contribution in [0.1, 0.15) is 53.4 Å². The molecule has 0 aromatic rings. The van der Waals surface area contributed by atoms with Crippen molar-refractivity contribution in [1.82, 2.24) is 5.32 Å². The quantitative estimate of drug-likeness (QED) is 0.776. The largest absolute Gasteiger partial charge is 0.379 e. The molecule has 17 heavy (non-hydrogen) atoms. The molecule has 0 unspecified atom stereocenters. The zero-order valence-electron chi connectivity index (χ0n) is 11.7. The Hall–Kier alpha value is -0.570. The van der Waals surface area contributed by atoms with Gasteiger partial charge in [0.05, 0.1) is 6.61 Å². The van der Waals surface area contributed by atoms with Crippen molar-refractivity contribution in [2.75, 3.05) is 13.2 Å². The summed E-state index contributed by atoms with van der Waals surface area (Å²) in [6.45, 7) is 9.72. The van der Waals surface area contributed by atoms with Gasteiger partial charge in [0.1, 0.15) is 0 Å². The number of ether oxygens (including phenoxy) is 1. The van der Waals surface area contributed by atoms with Crippen molar-refractivity contribution >= 4 is 5.91 Å².